The van der Waals surface area contributed by atoms with Crippen LogP contribution in [0.4, 0.5) is 5.13 Å². The molecule has 1 heterocycles. The maximum Gasteiger partial charge on any atom is 0.322 e. The predicted octanol–water partition coefficient (Wildman–Crippen LogP) is 3.86. The molecule has 12 nitrogen and oxygen atoms in total. The number of aromatic nitrogens is 2. The number of aryl methyl sites for hydroxylation is 1. The van der Waals surface area contributed by atoms with Crippen LogP contribution in [0.2, 0.25) is 0 Å². The molecule has 14 heteroatoms. The number of amides is 2. The van der Waals surface area contributed by atoms with Gasteiger partial charge in [0.2, 0.25) is 16.9 Å². The molecule has 220 valence electrons. The van der Waals surface area contributed by atoms with Crippen LogP contribution in [0.1, 0.15) is 47.2 Å². The van der Waals surface area contributed by atoms with Crippen molar-refractivity contribution in [1.29, 1.82) is 10.8 Å². The lowest BCUT2D eigenvalue weighted by Crippen LogP contribution is -2.37. The van der Waals surface area contributed by atoms with E-state index in [2.05, 4.69) is 20.8 Å². The third-order valence-electron chi connectivity index (χ3n) is 5.87. The summed E-state index contributed by atoms with van der Waals surface area (Å²) in [6.45, 7) is 0. The van der Waals surface area contributed by atoms with Crippen LogP contribution in [-0.4, -0.2) is 58.4 Å². The number of hydrogen-bond donors (Lipinski definition) is 4. The Bertz CT molecular complexity index is 1420. The second-order valence-corrected chi connectivity index (χ2v) is 10.9. The van der Waals surface area contributed by atoms with Gasteiger partial charge in [-0.1, -0.05) is 72.0 Å². The van der Waals surface area contributed by atoms with Gasteiger partial charge in [-0.2, -0.15) is 0 Å². The Morgan fingerprint density at radius 2 is 1.38 bits per heavy atom. The van der Waals surface area contributed by atoms with E-state index in [4.69, 9.17) is 20.3 Å². The normalized spacial score (nSPS) is 12.0. The lowest BCUT2D eigenvalue weighted by molar-refractivity contribution is -0.147. The molecular formula is C28H30N6O6S2. The summed E-state index contributed by atoms with van der Waals surface area (Å²) in [5.74, 6) is -5.07. The van der Waals surface area contributed by atoms with Gasteiger partial charge in [-0.15, -0.1) is 10.2 Å². The number of thioether (sulfide) groups is 1. The Morgan fingerprint density at radius 3 is 1.93 bits per heavy atom. The van der Waals surface area contributed by atoms with Gasteiger partial charge in [0, 0.05) is 6.42 Å². The van der Waals surface area contributed by atoms with Gasteiger partial charge in [0.25, 0.3) is 0 Å². The third kappa shape index (κ3) is 9.31. The Morgan fingerprint density at radius 1 is 0.833 bits per heavy atom. The Kier molecular flexibility index (Phi) is 12.3. The molecule has 42 heavy (non-hydrogen) atoms. The number of benzene rings is 2. The third-order valence-corrected chi connectivity index (χ3v) is 7.52. The molecule has 0 spiro atoms. The number of amidine groups is 1. The minimum atomic E-state index is -1.22. The quantitative estimate of drug-likeness (QED) is 0.0777. The number of nitrogens with one attached hydrogen (secondary N) is 4. The van der Waals surface area contributed by atoms with E-state index in [1.165, 1.54) is 25.6 Å². The van der Waals surface area contributed by atoms with E-state index < -0.39 is 35.6 Å². The van der Waals surface area contributed by atoms with Crippen molar-refractivity contribution in [3.63, 3.8) is 0 Å². The molecule has 0 aliphatic carbocycles. The van der Waals surface area contributed by atoms with Crippen LogP contribution < -0.4 is 10.6 Å². The van der Waals surface area contributed by atoms with Gasteiger partial charge in [-0.3, -0.25) is 35.3 Å². The molecule has 0 aliphatic heterocycles. The molecule has 1 aromatic heterocycles. The zero-order chi connectivity index (χ0) is 30.5. The standard InChI is InChI=1S/C28H30N6O6S2/c1-39-25(37)21(17-11-5-3-6-12-17)23(35)31-27(30)41-19(29)15-9-10-16-20-33-34-28(42-20)32-24(36)22(26(38)40-2)18-13-7-4-8-14-18/h3-8,11-14,21-22,29H,9-10,15-16H2,1-2H3,(H2,30,31,35)(H,32,34,36). The first-order chi connectivity index (χ1) is 20.2. The highest BCUT2D eigenvalue weighted by atomic mass is 32.2. The van der Waals surface area contributed by atoms with Crippen LogP contribution in [-0.2, 0) is 35.1 Å². The Hall–Kier alpha value is -4.43. The zero-order valence-electron chi connectivity index (χ0n) is 22.9. The van der Waals surface area contributed by atoms with Crippen molar-refractivity contribution in [2.24, 2.45) is 0 Å². The maximum atomic E-state index is 12.8. The summed E-state index contributed by atoms with van der Waals surface area (Å²) in [5.41, 5.74) is 0.938. The van der Waals surface area contributed by atoms with Gasteiger partial charge in [-0.25, -0.2) is 0 Å². The molecule has 0 aliphatic rings. The van der Waals surface area contributed by atoms with Crippen molar-refractivity contribution in [3.8, 4) is 0 Å². The smallest absolute Gasteiger partial charge is 0.322 e. The van der Waals surface area contributed by atoms with E-state index >= 15 is 0 Å². The van der Waals surface area contributed by atoms with Gasteiger partial charge >= 0.3 is 11.9 Å². The number of nitrogens with zero attached hydrogens (tertiary/aromatic N) is 2. The first-order valence-corrected chi connectivity index (χ1v) is 14.4. The van der Waals surface area contributed by atoms with Crippen molar-refractivity contribution in [2.75, 3.05) is 19.5 Å². The summed E-state index contributed by atoms with van der Waals surface area (Å²) in [5, 5.41) is 30.1. The first kappa shape index (κ1) is 32.1. The fourth-order valence-electron chi connectivity index (χ4n) is 3.84. The largest absolute Gasteiger partial charge is 0.468 e. The minimum absolute atomic E-state index is 0.176. The fraction of sp³-hybridized carbons (Fsp3) is 0.286. The van der Waals surface area contributed by atoms with Crippen molar-refractivity contribution < 1.29 is 28.7 Å². The van der Waals surface area contributed by atoms with Gasteiger partial charge in [0.05, 0.1) is 19.3 Å². The van der Waals surface area contributed by atoms with E-state index in [1.807, 2.05) is 0 Å². The van der Waals surface area contributed by atoms with Crippen LogP contribution in [0.15, 0.2) is 60.7 Å². The minimum Gasteiger partial charge on any atom is -0.468 e. The number of ether oxygens (including phenoxy) is 2. The molecule has 3 aromatic rings. The van der Waals surface area contributed by atoms with Gasteiger partial charge < -0.3 is 14.8 Å². The lowest BCUT2D eigenvalue weighted by Gasteiger charge is -2.15. The first-order valence-electron chi connectivity index (χ1n) is 12.8. The van der Waals surface area contributed by atoms with Gasteiger partial charge in [0.1, 0.15) is 5.01 Å². The van der Waals surface area contributed by atoms with E-state index in [-0.39, 0.29) is 15.3 Å². The van der Waals surface area contributed by atoms with Crippen LogP contribution in [0, 0.1) is 10.8 Å². The molecular weight excluding hydrogens is 580 g/mol. The van der Waals surface area contributed by atoms with E-state index in [1.54, 1.807) is 60.7 Å². The molecule has 0 saturated heterocycles. The second kappa shape index (κ2) is 16.1. The predicted molar refractivity (Wildman–Crippen MR) is 160 cm³/mol. The summed E-state index contributed by atoms with van der Waals surface area (Å²) in [6.07, 6.45) is 2.19. The number of methoxy groups -OCH3 is 2. The summed E-state index contributed by atoms with van der Waals surface area (Å²) >= 11 is 1.98. The van der Waals surface area contributed by atoms with Crippen LogP contribution in [0.3, 0.4) is 0 Å². The van der Waals surface area contributed by atoms with E-state index in [0.717, 1.165) is 11.8 Å². The molecule has 0 radical (unpaired) electrons. The highest BCUT2D eigenvalue weighted by Gasteiger charge is 2.31. The number of carbonyl (C=O) groups is 4. The van der Waals surface area contributed by atoms with Crippen molar-refractivity contribution in [2.45, 2.75) is 37.5 Å². The summed E-state index contributed by atoms with van der Waals surface area (Å²) in [6, 6.07) is 17.0. The number of carbonyl (C=O) groups excluding carboxylic acids is 4. The molecule has 2 atom stereocenters. The number of esters is 2. The van der Waals surface area contributed by atoms with Gasteiger partial charge in [-0.05, 0) is 42.2 Å². The van der Waals surface area contributed by atoms with Crippen LogP contribution in [0.25, 0.3) is 0 Å². The molecule has 2 amide bonds. The number of anilines is 1. The number of unbranched alkanes of at least 4 members (excludes halogenated alkanes) is 1. The van der Waals surface area contributed by atoms with Crippen molar-refractivity contribution in [3.05, 3.63) is 76.8 Å². The monoisotopic (exact) mass is 610 g/mol. The Labute approximate surface area is 250 Å². The summed E-state index contributed by atoms with van der Waals surface area (Å²) in [7, 11) is 2.41. The number of rotatable bonds is 12. The molecule has 0 saturated carbocycles. The highest BCUT2D eigenvalue weighted by molar-refractivity contribution is 8.26. The lowest BCUT2D eigenvalue weighted by atomic mass is 9.98. The SMILES string of the molecule is COC(=O)C(C(=O)NC(=N)SC(=N)CCCCc1nnc(NC(=O)C(C(=O)OC)c2ccccc2)s1)c1ccccc1. The average molecular weight is 611 g/mol. The molecule has 0 bridgehead atoms. The summed E-state index contributed by atoms with van der Waals surface area (Å²) < 4.78 is 9.55. The summed E-state index contributed by atoms with van der Waals surface area (Å²) in [4.78, 5) is 49.9. The van der Waals surface area contributed by atoms with Crippen molar-refractivity contribution in [1.82, 2.24) is 15.5 Å². The van der Waals surface area contributed by atoms with Gasteiger partial charge in [0.15, 0.2) is 17.0 Å². The molecule has 2 unspecified atom stereocenters. The number of hydrogen-bond acceptors (Lipinski definition) is 12. The molecule has 0 fully saturated rings. The fourth-order valence-corrected chi connectivity index (χ4v) is 5.27. The topological polar surface area (TPSA) is 184 Å². The highest BCUT2D eigenvalue weighted by Crippen LogP contribution is 2.23. The molecule has 3 rings (SSSR count). The second-order valence-electron chi connectivity index (χ2n) is 8.77. The van der Waals surface area contributed by atoms with E-state index in [9.17, 15) is 19.2 Å². The van der Waals surface area contributed by atoms with E-state index in [0.29, 0.717) is 41.8 Å². The van der Waals surface area contributed by atoms with Crippen LogP contribution >= 0.6 is 23.1 Å². The van der Waals surface area contributed by atoms with Crippen molar-refractivity contribution >= 4 is 62.2 Å². The molecule has 2 aromatic carbocycles. The van der Waals surface area contributed by atoms with Crippen LogP contribution in [0.5, 0.6) is 0 Å². The average Bonchev–Trinajstić information content (AvgIpc) is 3.43. The Balaban J connectivity index is 1.43. The molecule has 4 N–H and O–H groups in total. The zero-order valence-corrected chi connectivity index (χ0v) is 24.6. The maximum absolute atomic E-state index is 12.8.